The first kappa shape index (κ1) is 15.4. The van der Waals surface area contributed by atoms with Gasteiger partial charge in [0.2, 0.25) is 5.91 Å². The zero-order valence-corrected chi connectivity index (χ0v) is 14.2. The molecule has 0 bridgehead atoms. The molecule has 3 rings (SSSR count). The second kappa shape index (κ2) is 6.75. The SMILES string of the molecule is CC1CCC(NC(=O)Cn2c(-c3cccs3)n[nH]c2=S)CC1. The molecule has 0 spiro atoms. The van der Waals surface area contributed by atoms with Crippen LogP contribution in [0.1, 0.15) is 32.6 Å². The summed E-state index contributed by atoms with van der Waals surface area (Å²) in [5.74, 6) is 1.52. The van der Waals surface area contributed by atoms with Crippen LogP contribution in [0.4, 0.5) is 0 Å². The highest BCUT2D eigenvalue weighted by Crippen LogP contribution is 2.24. The normalized spacial score (nSPS) is 21.7. The number of aromatic nitrogens is 3. The summed E-state index contributed by atoms with van der Waals surface area (Å²) < 4.78 is 2.25. The van der Waals surface area contributed by atoms with Gasteiger partial charge in [0, 0.05) is 6.04 Å². The van der Waals surface area contributed by atoms with Gasteiger partial charge in [0.1, 0.15) is 6.54 Å². The van der Waals surface area contributed by atoms with Gasteiger partial charge in [0.25, 0.3) is 0 Å². The van der Waals surface area contributed by atoms with E-state index in [-0.39, 0.29) is 12.5 Å². The number of amides is 1. The summed E-state index contributed by atoms with van der Waals surface area (Å²) in [4.78, 5) is 13.3. The van der Waals surface area contributed by atoms with Gasteiger partial charge in [-0.15, -0.1) is 11.3 Å². The maximum Gasteiger partial charge on any atom is 0.240 e. The molecule has 1 aliphatic rings. The number of carbonyl (C=O) groups excluding carboxylic acids is 1. The Kier molecular flexibility index (Phi) is 4.73. The lowest BCUT2D eigenvalue weighted by Crippen LogP contribution is -2.39. The van der Waals surface area contributed by atoms with E-state index in [4.69, 9.17) is 12.2 Å². The topological polar surface area (TPSA) is 62.7 Å². The van der Waals surface area contributed by atoms with Crippen LogP contribution in [0, 0.1) is 10.7 Å². The average Bonchev–Trinajstić information content (AvgIpc) is 3.12. The first-order valence-corrected chi connectivity index (χ1v) is 8.90. The fourth-order valence-corrected chi connectivity index (χ4v) is 3.80. The Morgan fingerprint density at radius 1 is 1.50 bits per heavy atom. The second-order valence-corrected chi connectivity index (χ2v) is 7.27. The van der Waals surface area contributed by atoms with Crippen LogP contribution in [0.3, 0.4) is 0 Å². The molecule has 118 valence electrons. The summed E-state index contributed by atoms with van der Waals surface area (Å²) in [5, 5.41) is 12.1. The zero-order valence-electron chi connectivity index (χ0n) is 12.5. The quantitative estimate of drug-likeness (QED) is 0.842. The highest BCUT2D eigenvalue weighted by molar-refractivity contribution is 7.71. The minimum atomic E-state index is 0.00913. The van der Waals surface area contributed by atoms with Gasteiger partial charge in [-0.05, 0) is 55.3 Å². The Labute approximate surface area is 138 Å². The molecule has 0 saturated heterocycles. The van der Waals surface area contributed by atoms with E-state index in [1.54, 1.807) is 15.9 Å². The number of nitrogens with one attached hydrogen (secondary N) is 2. The third kappa shape index (κ3) is 3.47. The fraction of sp³-hybridized carbons (Fsp3) is 0.533. The smallest absolute Gasteiger partial charge is 0.240 e. The Morgan fingerprint density at radius 2 is 2.27 bits per heavy atom. The molecular formula is C15H20N4OS2. The van der Waals surface area contributed by atoms with E-state index < -0.39 is 0 Å². The van der Waals surface area contributed by atoms with Crippen LogP contribution >= 0.6 is 23.6 Å². The third-order valence-electron chi connectivity index (χ3n) is 4.18. The lowest BCUT2D eigenvalue weighted by atomic mass is 9.87. The molecule has 5 nitrogen and oxygen atoms in total. The molecule has 0 aromatic carbocycles. The molecule has 1 saturated carbocycles. The van der Waals surface area contributed by atoms with Crippen molar-refractivity contribution < 1.29 is 4.79 Å². The molecule has 2 N–H and O–H groups in total. The van der Waals surface area contributed by atoms with E-state index in [9.17, 15) is 4.79 Å². The van der Waals surface area contributed by atoms with Crippen LogP contribution in [-0.2, 0) is 11.3 Å². The largest absolute Gasteiger partial charge is 0.352 e. The van der Waals surface area contributed by atoms with Crippen molar-refractivity contribution in [3.8, 4) is 10.7 Å². The fourth-order valence-electron chi connectivity index (χ4n) is 2.88. The van der Waals surface area contributed by atoms with Gasteiger partial charge >= 0.3 is 0 Å². The molecule has 2 aromatic heterocycles. The van der Waals surface area contributed by atoms with Gasteiger partial charge in [-0.2, -0.15) is 5.10 Å². The number of H-pyrrole nitrogens is 1. The van der Waals surface area contributed by atoms with Crippen molar-refractivity contribution in [1.82, 2.24) is 20.1 Å². The highest BCUT2D eigenvalue weighted by Gasteiger charge is 2.20. The van der Waals surface area contributed by atoms with Gasteiger partial charge in [0.15, 0.2) is 10.6 Å². The van der Waals surface area contributed by atoms with Crippen molar-refractivity contribution in [3.63, 3.8) is 0 Å². The van der Waals surface area contributed by atoms with E-state index in [1.807, 2.05) is 17.5 Å². The van der Waals surface area contributed by atoms with Crippen LogP contribution in [0.15, 0.2) is 17.5 Å². The lowest BCUT2D eigenvalue weighted by Gasteiger charge is -2.27. The maximum absolute atomic E-state index is 12.3. The number of hydrogen-bond acceptors (Lipinski definition) is 4. The van der Waals surface area contributed by atoms with E-state index in [1.165, 1.54) is 12.8 Å². The van der Waals surface area contributed by atoms with Crippen molar-refractivity contribution in [2.45, 2.75) is 45.2 Å². The molecule has 0 unspecified atom stereocenters. The summed E-state index contributed by atoms with van der Waals surface area (Å²) >= 11 is 6.84. The van der Waals surface area contributed by atoms with Gasteiger partial charge in [-0.3, -0.25) is 14.5 Å². The molecule has 0 aliphatic heterocycles. The van der Waals surface area contributed by atoms with Gasteiger partial charge in [0.05, 0.1) is 4.88 Å². The van der Waals surface area contributed by atoms with Crippen LogP contribution in [0.25, 0.3) is 10.7 Å². The number of aromatic amines is 1. The maximum atomic E-state index is 12.3. The minimum absolute atomic E-state index is 0.00913. The summed E-state index contributed by atoms with van der Waals surface area (Å²) in [5.41, 5.74) is 0. The summed E-state index contributed by atoms with van der Waals surface area (Å²) in [6, 6.07) is 4.24. The van der Waals surface area contributed by atoms with E-state index in [0.29, 0.717) is 10.8 Å². The number of hydrogen-bond donors (Lipinski definition) is 2. The van der Waals surface area contributed by atoms with Crippen molar-refractivity contribution in [1.29, 1.82) is 0 Å². The molecule has 7 heteroatoms. The zero-order chi connectivity index (χ0) is 15.5. The number of carbonyl (C=O) groups is 1. The highest BCUT2D eigenvalue weighted by atomic mass is 32.1. The predicted molar refractivity (Wildman–Crippen MR) is 90.3 cm³/mol. The Morgan fingerprint density at radius 3 is 2.95 bits per heavy atom. The van der Waals surface area contributed by atoms with Crippen LogP contribution < -0.4 is 5.32 Å². The van der Waals surface area contributed by atoms with Gasteiger partial charge in [-0.25, -0.2) is 0 Å². The van der Waals surface area contributed by atoms with Crippen LogP contribution in [0.2, 0.25) is 0 Å². The Hall–Kier alpha value is -1.47. The monoisotopic (exact) mass is 336 g/mol. The third-order valence-corrected chi connectivity index (χ3v) is 5.36. The molecule has 0 radical (unpaired) electrons. The van der Waals surface area contributed by atoms with Crippen molar-refractivity contribution in [2.24, 2.45) is 5.92 Å². The summed E-state index contributed by atoms with van der Waals surface area (Å²) in [6.07, 6.45) is 4.52. The number of nitrogens with zero attached hydrogens (tertiary/aromatic N) is 2. The van der Waals surface area contributed by atoms with Crippen molar-refractivity contribution >= 4 is 29.5 Å². The van der Waals surface area contributed by atoms with E-state index >= 15 is 0 Å². The molecule has 1 aliphatic carbocycles. The van der Waals surface area contributed by atoms with Crippen molar-refractivity contribution in [3.05, 3.63) is 22.3 Å². The number of rotatable bonds is 4. The number of thiophene rings is 1. The minimum Gasteiger partial charge on any atom is -0.352 e. The van der Waals surface area contributed by atoms with Crippen molar-refractivity contribution in [2.75, 3.05) is 0 Å². The van der Waals surface area contributed by atoms with Gasteiger partial charge < -0.3 is 5.32 Å². The molecule has 1 amide bonds. The second-order valence-electron chi connectivity index (χ2n) is 5.94. The molecule has 2 aromatic rings. The summed E-state index contributed by atoms with van der Waals surface area (Å²) in [7, 11) is 0. The van der Waals surface area contributed by atoms with Gasteiger partial charge in [-0.1, -0.05) is 13.0 Å². The lowest BCUT2D eigenvalue weighted by molar-refractivity contribution is -0.122. The van der Waals surface area contributed by atoms with E-state index in [0.717, 1.165) is 29.5 Å². The van der Waals surface area contributed by atoms with Crippen LogP contribution in [0.5, 0.6) is 0 Å². The predicted octanol–water partition coefficient (Wildman–Crippen LogP) is 3.36. The molecule has 0 atom stereocenters. The molecule has 2 heterocycles. The molecule has 1 fully saturated rings. The summed E-state index contributed by atoms with van der Waals surface area (Å²) in [6.45, 7) is 2.49. The first-order chi connectivity index (χ1) is 10.6. The first-order valence-electron chi connectivity index (χ1n) is 7.62. The average molecular weight is 336 g/mol. The molecule has 22 heavy (non-hydrogen) atoms. The van der Waals surface area contributed by atoms with Crippen LogP contribution in [-0.4, -0.2) is 26.7 Å². The van der Waals surface area contributed by atoms with E-state index in [2.05, 4.69) is 22.4 Å². The Bertz CT molecular complexity index is 681. The molecular weight excluding hydrogens is 316 g/mol. The Balaban J connectivity index is 1.67. The standard InChI is InChI=1S/C15H20N4OS2/c1-10-4-6-11(7-5-10)16-13(20)9-19-14(17-18-15(19)21)12-3-2-8-22-12/h2-3,8,10-11H,4-7,9H2,1H3,(H,16,20)(H,18,21).